The van der Waals surface area contributed by atoms with Crippen molar-refractivity contribution in [1.29, 1.82) is 0 Å². The normalized spacial score (nSPS) is 23.8. The van der Waals surface area contributed by atoms with Gasteiger partial charge in [0.15, 0.2) is 5.82 Å². The van der Waals surface area contributed by atoms with Gasteiger partial charge >= 0.3 is 0 Å². The Labute approximate surface area is 96.2 Å². The van der Waals surface area contributed by atoms with Crippen molar-refractivity contribution in [2.75, 3.05) is 20.1 Å². The van der Waals surface area contributed by atoms with Crippen LogP contribution in [0.15, 0.2) is 4.52 Å². The summed E-state index contributed by atoms with van der Waals surface area (Å²) < 4.78 is 5.36. The van der Waals surface area contributed by atoms with Gasteiger partial charge in [-0.15, -0.1) is 0 Å². The Bertz CT molecular complexity index is 338. The van der Waals surface area contributed by atoms with Crippen LogP contribution in [0.2, 0.25) is 0 Å². The van der Waals surface area contributed by atoms with Gasteiger partial charge in [-0.1, -0.05) is 12.1 Å². The van der Waals surface area contributed by atoms with Crippen molar-refractivity contribution < 1.29 is 4.52 Å². The van der Waals surface area contributed by atoms with E-state index in [0.717, 1.165) is 31.2 Å². The van der Waals surface area contributed by atoms with Gasteiger partial charge in [-0.3, -0.25) is 4.90 Å². The number of nitrogens with one attached hydrogen (secondary N) is 1. The highest BCUT2D eigenvalue weighted by molar-refractivity contribution is 4.98. The number of nitrogens with zero attached hydrogens (tertiary/aromatic N) is 3. The van der Waals surface area contributed by atoms with Crippen molar-refractivity contribution in [3.05, 3.63) is 11.7 Å². The molecular formula is C11H20N4O. The zero-order chi connectivity index (χ0) is 11.5. The number of hydrogen-bond donors (Lipinski definition) is 1. The van der Waals surface area contributed by atoms with Gasteiger partial charge in [0.25, 0.3) is 0 Å². The molecule has 0 aliphatic carbocycles. The summed E-state index contributed by atoms with van der Waals surface area (Å²) in [6, 6.07) is 0.476. The minimum atomic E-state index is 0.147. The third-order valence-electron chi connectivity index (χ3n) is 3.33. The fourth-order valence-electron chi connectivity index (χ4n) is 2.17. The van der Waals surface area contributed by atoms with Gasteiger partial charge in [0, 0.05) is 0 Å². The first-order chi connectivity index (χ1) is 7.76. The molecular weight excluding hydrogens is 204 g/mol. The molecule has 2 rings (SSSR count). The summed E-state index contributed by atoms with van der Waals surface area (Å²) in [5, 5.41) is 7.14. The highest BCUT2D eigenvalue weighted by Gasteiger charge is 2.29. The largest absolute Gasteiger partial charge is 0.338 e. The van der Waals surface area contributed by atoms with Crippen molar-refractivity contribution >= 4 is 0 Å². The molecule has 5 heteroatoms. The predicted octanol–water partition coefficient (Wildman–Crippen LogP) is 1.51. The first-order valence-corrected chi connectivity index (χ1v) is 6.01. The van der Waals surface area contributed by atoms with E-state index in [0.29, 0.717) is 6.04 Å². The van der Waals surface area contributed by atoms with Gasteiger partial charge in [-0.05, 0) is 39.9 Å². The fourth-order valence-corrected chi connectivity index (χ4v) is 2.17. The van der Waals surface area contributed by atoms with Crippen LogP contribution in [0.25, 0.3) is 0 Å². The molecule has 5 nitrogen and oxygen atoms in total. The average molecular weight is 224 g/mol. The van der Waals surface area contributed by atoms with Crippen LogP contribution >= 0.6 is 0 Å². The lowest BCUT2D eigenvalue weighted by Crippen LogP contribution is -2.23. The smallest absolute Gasteiger partial charge is 0.244 e. The molecule has 0 radical (unpaired) electrons. The molecule has 2 atom stereocenters. The maximum absolute atomic E-state index is 5.36. The van der Waals surface area contributed by atoms with Crippen molar-refractivity contribution in [3.63, 3.8) is 0 Å². The van der Waals surface area contributed by atoms with E-state index >= 15 is 0 Å². The molecule has 90 valence electrons. The molecule has 1 fully saturated rings. The van der Waals surface area contributed by atoms with E-state index in [-0.39, 0.29) is 6.04 Å². The first-order valence-electron chi connectivity index (χ1n) is 6.01. The molecule has 1 aliphatic rings. The van der Waals surface area contributed by atoms with Crippen LogP contribution in [0.3, 0.4) is 0 Å². The lowest BCUT2D eigenvalue weighted by molar-refractivity contribution is 0.216. The summed E-state index contributed by atoms with van der Waals surface area (Å²) in [5.74, 6) is 1.52. The molecule has 0 aromatic carbocycles. The molecule has 1 aromatic rings. The van der Waals surface area contributed by atoms with Crippen LogP contribution in [0.1, 0.15) is 50.5 Å². The Morgan fingerprint density at radius 1 is 1.62 bits per heavy atom. The van der Waals surface area contributed by atoms with Crippen LogP contribution in [0.4, 0.5) is 0 Å². The Balaban J connectivity index is 2.12. The summed E-state index contributed by atoms with van der Waals surface area (Å²) in [6.07, 6.45) is 2.35. The maximum Gasteiger partial charge on any atom is 0.244 e. The highest BCUT2D eigenvalue weighted by atomic mass is 16.5. The topological polar surface area (TPSA) is 54.2 Å². The molecule has 1 aliphatic heterocycles. The predicted molar refractivity (Wildman–Crippen MR) is 61.0 cm³/mol. The second-order valence-electron chi connectivity index (χ2n) is 4.29. The Hall–Kier alpha value is -0.940. The molecule has 0 amide bonds. The quantitative estimate of drug-likeness (QED) is 0.840. The van der Waals surface area contributed by atoms with Gasteiger partial charge in [0.1, 0.15) is 0 Å². The summed E-state index contributed by atoms with van der Waals surface area (Å²) in [5.41, 5.74) is 0. The zero-order valence-corrected chi connectivity index (χ0v) is 10.2. The second kappa shape index (κ2) is 4.93. The lowest BCUT2D eigenvalue weighted by Gasteiger charge is -2.18. The molecule has 2 unspecified atom stereocenters. The Kier molecular flexibility index (Phi) is 3.56. The second-order valence-corrected chi connectivity index (χ2v) is 4.29. The van der Waals surface area contributed by atoms with E-state index in [1.54, 1.807) is 0 Å². The third kappa shape index (κ3) is 2.10. The third-order valence-corrected chi connectivity index (χ3v) is 3.33. The molecule has 0 bridgehead atoms. The van der Waals surface area contributed by atoms with Crippen LogP contribution in [0.5, 0.6) is 0 Å². The van der Waals surface area contributed by atoms with E-state index in [1.807, 2.05) is 14.0 Å². The molecule has 1 saturated heterocycles. The Morgan fingerprint density at radius 2 is 2.44 bits per heavy atom. The van der Waals surface area contributed by atoms with Crippen molar-refractivity contribution in [2.45, 2.75) is 38.8 Å². The molecule has 16 heavy (non-hydrogen) atoms. The zero-order valence-electron chi connectivity index (χ0n) is 10.2. The highest BCUT2D eigenvalue weighted by Crippen LogP contribution is 2.30. The van der Waals surface area contributed by atoms with E-state index < -0.39 is 0 Å². The number of likely N-dealkylation sites (tertiary alicyclic amines) is 1. The van der Waals surface area contributed by atoms with Crippen LogP contribution in [0, 0.1) is 0 Å². The number of aromatic nitrogens is 2. The lowest BCUT2D eigenvalue weighted by atomic mass is 10.2. The minimum Gasteiger partial charge on any atom is -0.338 e. The molecule has 1 N–H and O–H groups in total. The monoisotopic (exact) mass is 224 g/mol. The summed E-state index contributed by atoms with van der Waals surface area (Å²) in [6.45, 7) is 6.39. The van der Waals surface area contributed by atoms with Gasteiger partial charge in [0.2, 0.25) is 5.89 Å². The standard InChI is InChI=1S/C11H20N4O/c1-4-15-7-5-6-9(15)11-13-10(14-16-11)8(2)12-3/h8-9,12H,4-7H2,1-3H3. The van der Waals surface area contributed by atoms with Gasteiger partial charge in [-0.25, -0.2) is 0 Å². The molecule has 0 saturated carbocycles. The number of rotatable bonds is 4. The Morgan fingerprint density at radius 3 is 3.12 bits per heavy atom. The van der Waals surface area contributed by atoms with E-state index in [9.17, 15) is 0 Å². The fraction of sp³-hybridized carbons (Fsp3) is 0.818. The van der Waals surface area contributed by atoms with E-state index in [4.69, 9.17) is 4.52 Å². The minimum absolute atomic E-state index is 0.147. The van der Waals surface area contributed by atoms with Gasteiger partial charge in [-0.2, -0.15) is 4.98 Å². The average Bonchev–Trinajstić information content (AvgIpc) is 2.95. The van der Waals surface area contributed by atoms with Crippen LogP contribution in [-0.4, -0.2) is 35.2 Å². The first kappa shape index (κ1) is 11.5. The SMILES string of the molecule is CCN1CCCC1c1nc(C(C)NC)no1. The van der Waals surface area contributed by atoms with Crippen molar-refractivity contribution in [3.8, 4) is 0 Å². The van der Waals surface area contributed by atoms with Gasteiger partial charge < -0.3 is 9.84 Å². The molecule has 1 aromatic heterocycles. The molecule has 0 spiro atoms. The summed E-state index contributed by atoms with van der Waals surface area (Å²) in [4.78, 5) is 6.87. The maximum atomic E-state index is 5.36. The number of hydrogen-bond acceptors (Lipinski definition) is 5. The van der Waals surface area contributed by atoms with E-state index in [2.05, 4.69) is 27.3 Å². The van der Waals surface area contributed by atoms with Gasteiger partial charge in [0.05, 0.1) is 12.1 Å². The van der Waals surface area contributed by atoms with Crippen molar-refractivity contribution in [1.82, 2.24) is 20.4 Å². The summed E-state index contributed by atoms with van der Waals surface area (Å²) in [7, 11) is 1.90. The molecule has 2 heterocycles. The van der Waals surface area contributed by atoms with Crippen LogP contribution in [-0.2, 0) is 0 Å². The summed E-state index contributed by atoms with van der Waals surface area (Å²) >= 11 is 0. The van der Waals surface area contributed by atoms with E-state index in [1.165, 1.54) is 6.42 Å². The van der Waals surface area contributed by atoms with Crippen molar-refractivity contribution in [2.24, 2.45) is 0 Å². The van der Waals surface area contributed by atoms with Crippen LogP contribution < -0.4 is 5.32 Å².